The van der Waals surface area contributed by atoms with E-state index in [4.69, 9.17) is 4.74 Å². The van der Waals surface area contributed by atoms with Crippen molar-refractivity contribution in [1.29, 1.82) is 0 Å². The van der Waals surface area contributed by atoms with Crippen LogP contribution in [-0.2, 0) is 19.6 Å². The van der Waals surface area contributed by atoms with Crippen molar-refractivity contribution in [3.05, 3.63) is 29.8 Å². The molecular weight excluding hydrogens is 316 g/mol. The van der Waals surface area contributed by atoms with Crippen LogP contribution in [0, 0.1) is 12.8 Å². The molecule has 1 saturated heterocycles. The lowest BCUT2D eigenvalue weighted by atomic mass is 9.97. The monoisotopic (exact) mass is 340 g/mol. The number of carbonyl (C=O) groups excluding carboxylic acids is 1. The first-order valence-corrected chi connectivity index (χ1v) is 9.37. The van der Waals surface area contributed by atoms with Crippen molar-refractivity contribution in [2.75, 3.05) is 37.9 Å². The minimum Gasteiger partial charge on any atom is -0.384 e. The Kier molecular flexibility index (Phi) is 6.15. The fourth-order valence-corrected chi connectivity index (χ4v) is 4.08. The largest absolute Gasteiger partial charge is 0.384 e. The van der Waals surface area contributed by atoms with E-state index in [1.165, 1.54) is 11.4 Å². The third-order valence-electron chi connectivity index (χ3n) is 4.05. The van der Waals surface area contributed by atoms with Crippen LogP contribution < -0.4 is 5.32 Å². The molecule has 7 heteroatoms. The van der Waals surface area contributed by atoms with E-state index in [0.29, 0.717) is 25.9 Å². The second-order valence-corrected chi connectivity index (χ2v) is 7.93. The summed E-state index contributed by atoms with van der Waals surface area (Å²) in [6, 6.07) is 7.65. The highest BCUT2D eigenvalue weighted by Gasteiger charge is 2.30. The average molecular weight is 340 g/mol. The average Bonchev–Trinajstić information content (AvgIpc) is 2.53. The summed E-state index contributed by atoms with van der Waals surface area (Å²) in [4.78, 5) is 12.3. The molecule has 23 heavy (non-hydrogen) atoms. The fraction of sp³-hybridized carbons (Fsp3) is 0.562. The minimum absolute atomic E-state index is 0.0103. The quantitative estimate of drug-likeness (QED) is 0.854. The van der Waals surface area contributed by atoms with Gasteiger partial charge in [0.15, 0.2) is 0 Å². The predicted molar refractivity (Wildman–Crippen MR) is 89.8 cm³/mol. The molecule has 0 spiro atoms. The molecule has 1 aromatic rings. The molecule has 128 valence electrons. The first kappa shape index (κ1) is 17.9. The molecule has 1 N–H and O–H groups in total. The molecule has 1 heterocycles. The van der Waals surface area contributed by atoms with E-state index in [1.54, 1.807) is 0 Å². The lowest BCUT2D eigenvalue weighted by Crippen LogP contribution is -2.42. The minimum atomic E-state index is -3.28. The van der Waals surface area contributed by atoms with Gasteiger partial charge in [0.25, 0.3) is 0 Å². The molecule has 2 rings (SSSR count). The van der Waals surface area contributed by atoms with Crippen molar-refractivity contribution in [2.24, 2.45) is 5.92 Å². The molecule has 1 fully saturated rings. The summed E-state index contributed by atoms with van der Waals surface area (Å²) in [7, 11) is -1.80. The van der Waals surface area contributed by atoms with Gasteiger partial charge in [-0.15, -0.1) is 0 Å². The molecule has 0 radical (unpaired) electrons. The fourth-order valence-electron chi connectivity index (χ4n) is 2.68. The van der Waals surface area contributed by atoms with Gasteiger partial charge in [-0.2, -0.15) is 0 Å². The number of hydrogen-bond acceptors (Lipinski definition) is 4. The van der Waals surface area contributed by atoms with Crippen LogP contribution in [0.5, 0.6) is 0 Å². The van der Waals surface area contributed by atoms with Crippen LogP contribution in [0.1, 0.15) is 18.4 Å². The number of ether oxygens (including phenoxy) is 1. The van der Waals surface area contributed by atoms with Gasteiger partial charge in [0.2, 0.25) is 15.9 Å². The van der Waals surface area contributed by atoms with Crippen LogP contribution in [0.15, 0.2) is 24.3 Å². The van der Waals surface area contributed by atoms with Gasteiger partial charge in [0.05, 0.1) is 12.4 Å². The van der Waals surface area contributed by atoms with Gasteiger partial charge in [0.1, 0.15) is 0 Å². The molecular formula is C16H24N2O4S. The number of anilines is 1. The van der Waals surface area contributed by atoms with Crippen molar-refractivity contribution in [3.8, 4) is 0 Å². The Bertz CT molecular complexity index is 637. The molecule has 0 bridgehead atoms. The van der Waals surface area contributed by atoms with Crippen molar-refractivity contribution < 1.29 is 17.9 Å². The Morgan fingerprint density at radius 3 is 2.65 bits per heavy atom. The van der Waals surface area contributed by atoms with Crippen LogP contribution in [0.3, 0.4) is 0 Å². The molecule has 1 aromatic carbocycles. The van der Waals surface area contributed by atoms with Gasteiger partial charge in [0, 0.05) is 31.8 Å². The normalized spacial score (nSPS) is 17.1. The number of rotatable bonds is 6. The molecule has 1 aliphatic rings. The number of benzene rings is 1. The molecule has 0 saturated carbocycles. The molecule has 1 aliphatic heterocycles. The van der Waals surface area contributed by atoms with Gasteiger partial charge in [-0.05, 0) is 37.5 Å². The second-order valence-electron chi connectivity index (χ2n) is 5.84. The number of aryl methyl sites for hydroxylation is 1. The number of piperidine rings is 1. The Morgan fingerprint density at radius 1 is 1.35 bits per heavy atom. The SMILES string of the molecule is COCCS(=O)(=O)N1CCC(C(=O)Nc2cccc(C)c2)CC1. The maximum absolute atomic E-state index is 12.3. The van der Waals surface area contributed by atoms with Gasteiger partial charge >= 0.3 is 0 Å². The van der Waals surface area contributed by atoms with E-state index in [9.17, 15) is 13.2 Å². The third kappa shape index (κ3) is 5.02. The zero-order valence-electron chi connectivity index (χ0n) is 13.6. The van der Waals surface area contributed by atoms with E-state index in [-0.39, 0.29) is 24.2 Å². The van der Waals surface area contributed by atoms with Crippen molar-refractivity contribution in [2.45, 2.75) is 19.8 Å². The first-order valence-electron chi connectivity index (χ1n) is 7.76. The highest BCUT2D eigenvalue weighted by atomic mass is 32.2. The summed E-state index contributed by atoms with van der Waals surface area (Å²) in [6.45, 7) is 2.94. The van der Waals surface area contributed by atoms with Crippen LogP contribution in [0.25, 0.3) is 0 Å². The molecule has 6 nitrogen and oxygen atoms in total. The van der Waals surface area contributed by atoms with Gasteiger partial charge in [-0.3, -0.25) is 4.79 Å². The maximum Gasteiger partial charge on any atom is 0.227 e. The third-order valence-corrected chi connectivity index (χ3v) is 5.88. The number of nitrogens with one attached hydrogen (secondary N) is 1. The predicted octanol–water partition coefficient (Wildman–Crippen LogP) is 1.62. The first-order chi connectivity index (χ1) is 10.9. The summed E-state index contributed by atoms with van der Waals surface area (Å²) >= 11 is 0. The Morgan fingerprint density at radius 2 is 2.04 bits per heavy atom. The second kappa shape index (κ2) is 7.90. The highest BCUT2D eigenvalue weighted by molar-refractivity contribution is 7.89. The highest BCUT2D eigenvalue weighted by Crippen LogP contribution is 2.22. The summed E-state index contributed by atoms with van der Waals surface area (Å²) in [5.74, 6) is -0.196. The summed E-state index contributed by atoms with van der Waals surface area (Å²) in [5, 5.41) is 2.91. The zero-order chi connectivity index (χ0) is 16.9. The van der Waals surface area contributed by atoms with E-state index >= 15 is 0 Å². The van der Waals surface area contributed by atoms with Crippen molar-refractivity contribution in [3.63, 3.8) is 0 Å². The van der Waals surface area contributed by atoms with Crippen molar-refractivity contribution >= 4 is 21.6 Å². The van der Waals surface area contributed by atoms with Crippen LogP contribution in [0.2, 0.25) is 0 Å². The van der Waals surface area contributed by atoms with Gasteiger partial charge in [-0.25, -0.2) is 12.7 Å². The Hall–Kier alpha value is -1.44. The van der Waals surface area contributed by atoms with E-state index in [1.807, 2.05) is 31.2 Å². The lowest BCUT2D eigenvalue weighted by molar-refractivity contribution is -0.120. The number of nitrogens with zero attached hydrogens (tertiary/aromatic N) is 1. The number of amides is 1. The molecule has 0 unspecified atom stereocenters. The topological polar surface area (TPSA) is 75.7 Å². The van der Waals surface area contributed by atoms with Crippen LogP contribution in [0.4, 0.5) is 5.69 Å². The van der Waals surface area contributed by atoms with Crippen LogP contribution in [-0.4, -0.2) is 51.2 Å². The smallest absolute Gasteiger partial charge is 0.227 e. The zero-order valence-corrected chi connectivity index (χ0v) is 14.4. The van der Waals surface area contributed by atoms with E-state index < -0.39 is 10.0 Å². The Labute approximate surface area is 137 Å². The molecule has 1 amide bonds. The van der Waals surface area contributed by atoms with E-state index in [0.717, 1.165) is 11.3 Å². The van der Waals surface area contributed by atoms with Crippen LogP contribution >= 0.6 is 0 Å². The lowest BCUT2D eigenvalue weighted by Gasteiger charge is -2.30. The standard InChI is InChI=1S/C16H24N2O4S/c1-13-4-3-5-15(12-13)17-16(19)14-6-8-18(9-7-14)23(20,21)11-10-22-2/h3-5,12,14H,6-11H2,1-2H3,(H,17,19). The summed E-state index contributed by atoms with van der Waals surface area (Å²) in [5.41, 5.74) is 1.87. The van der Waals surface area contributed by atoms with Gasteiger partial charge < -0.3 is 10.1 Å². The molecule has 0 atom stereocenters. The van der Waals surface area contributed by atoms with Gasteiger partial charge in [-0.1, -0.05) is 12.1 Å². The van der Waals surface area contributed by atoms with Crippen molar-refractivity contribution in [1.82, 2.24) is 4.31 Å². The number of methoxy groups -OCH3 is 1. The molecule has 0 aliphatic carbocycles. The summed E-state index contributed by atoms with van der Waals surface area (Å²) in [6.07, 6.45) is 1.09. The number of sulfonamides is 1. The number of hydrogen-bond donors (Lipinski definition) is 1. The number of carbonyl (C=O) groups is 1. The van der Waals surface area contributed by atoms with E-state index in [2.05, 4.69) is 5.32 Å². The molecule has 0 aromatic heterocycles. The summed E-state index contributed by atoms with van der Waals surface area (Å²) < 4.78 is 30.5. The maximum atomic E-state index is 12.3. The Balaban J connectivity index is 1.87.